The zero-order chi connectivity index (χ0) is 26.6. The van der Waals surface area contributed by atoms with E-state index < -0.39 is 33.1 Å². The van der Waals surface area contributed by atoms with Crippen LogP contribution in [0.1, 0.15) is 45.6 Å². The van der Waals surface area contributed by atoms with Crippen LogP contribution in [0.2, 0.25) is 0 Å². The molecular weight excluding hydrogens is 490 g/mol. The van der Waals surface area contributed by atoms with E-state index in [1.165, 1.54) is 11.4 Å². The molecule has 9 heteroatoms. The van der Waals surface area contributed by atoms with Gasteiger partial charge >= 0.3 is 6.09 Å². The van der Waals surface area contributed by atoms with Crippen LogP contribution in [0, 0.1) is 0 Å². The van der Waals surface area contributed by atoms with Gasteiger partial charge in [-0.25, -0.2) is 18.2 Å². The van der Waals surface area contributed by atoms with Gasteiger partial charge in [-0.2, -0.15) is 0 Å². The Kier molecular flexibility index (Phi) is 5.94. The van der Waals surface area contributed by atoms with Crippen molar-refractivity contribution in [3.8, 4) is 28.3 Å². The van der Waals surface area contributed by atoms with Gasteiger partial charge in [0.25, 0.3) is 10.0 Å². The molecular formula is C28H31N3O5S. The molecule has 0 spiro atoms. The molecule has 8 nitrogen and oxygen atoms in total. The Hall–Kier alpha value is -3.59. The molecule has 0 unspecified atom stereocenters. The number of anilines is 1. The van der Waals surface area contributed by atoms with Gasteiger partial charge in [0, 0.05) is 23.7 Å². The van der Waals surface area contributed by atoms with Crippen molar-refractivity contribution in [3.05, 3.63) is 66.2 Å². The number of carbonyl (C=O) groups is 1. The first-order chi connectivity index (χ1) is 17.4. The van der Waals surface area contributed by atoms with Crippen LogP contribution in [-0.2, 0) is 15.6 Å². The van der Waals surface area contributed by atoms with E-state index in [-0.39, 0.29) is 5.88 Å². The summed E-state index contributed by atoms with van der Waals surface area (Å²) in [5.74, 6) is -0.205. The molecule has 1 aliphatic heterocycles. The molecule has 1 fully saturated rings. The fourth-order valence-electron chi connectivity index (χ4n) is 5.44. The number of benzene rings is 2. The zero-order valence-electron chi connectivity index (χ0n) is 21.4. The number of ether oxygens (including phenoxy) is 1. The minimum Gasteiger partial charge on any atom is -0.465 e. The molecule has 194 valence electrons. The maximum absolute atomic E-state index is 12.4. The summed E-state index contributed by atoms with van der Waals surface area (Å²) in [4.78, 5) is 18.7. The van der Waals surface area contributed by atoms with E-state index in [0.29, 0.717) is 11.4 Å². The van der Waals surface area contributed by atoms with Crippen LogP contribution in [0.15, 0.2) is 60.7 Å². The predicted octanol–water partition coefficient (Wildman–Crippen LogP) is 5.69. The molecule has 0 bridgehead atoms. The molecule has 0 radical (unpaired) electrons. The third-order valence-electron chi connectivity index (χ3n) is 7.32. The Bertz CT molecular complexity index is 1440. The molecule has 37 heavy (non-hydrogen) atoms. The average Bonchev–Trinajstić information content (AvgIpc) is 2.83. The van der Waals surface area contributed by atoms with Crippen molar-refractivity contribution in [1.82, 2.24) is 9.88 Å². The number of hydrogen-bond acceptors (Lipinski definition) is 5. The van der Waals surface area contributed by atoms with E-state index in [1.54, 1.807) is 11.0 Å². The first-order valence-electron chi connectivity index (χ1n) is 12.3. The lowest BCUT2D eigenvalue weighted by atomic mass is 9.69. The monoisotopic (exact) mass is 521 g/mol. The summed E-state index contributed by atoms with van der Waals surface area (Å²) >= 11 is 0. The average molecular weight is 522 g/mol. The minimum absolute atomic E-state index is 0.260. The smallest absolute Gasteiger partial charge is 0.408 e. The SMILES string of the molecule is CN1c2cc(-c3ccccc3)c(-c3ccc(C4(N(C(=O)O)C(C)(C)C)CCC4)cc3)nc2OCS1(=O)=O. The molecule has 2 heterocycles. The van der Waals surface area contributed by atoms with Crippen LogP contribution in [-0.4, -0.2) is 48.0 Å². The van der Waals surface area contributed by atoms with E-state index in [0.717, 1.165) is 41.5 Å². The van der Waals surface area contributed by atoms with Gasteiger partial charge in [0.2, 0.25) is 11.8 Å². The maximum Gasteiger partial charge on any atom is 0.408 e. The Labute approximate surface area is 217 Å². The number of fused-ring (bicyclic) bond motifs is 1. The lowest BCUT2D eigenvalue weighted by Crippen LogP contribution is -2.60. The normalized spacial score (nSPS) is 17.8. The summed E-state index contributed by atoms with van der Waals surface area (Å²) in [5, 5.41) is 10.1. The van der Waals surface area contributed by atoms with E-state index in [4.69, 9.17) is 9.72 Å². The van der Waals surface area contributed by atoms with Crippen molar-refractivity contribution < 1.29 is 23.1 Å². The molecule has 1 amide bonds. The van der Waals surface area contributed by atoms with Gasteiger partial charge in [-0.15, -0.1) is 0 Å². The molecule has 1 aliphatic carbocycles. The van der Waals surface area contributed by atoms with Gasteiger partial charge in [0.1, 0.15) is 5.69 Å². The molecule has 2 aromatic carbocycles. The Balaban J connectivity index is 1.62. The summed E-state index contributed by atoms with van der Waals surface area (Å²) in [5.41, 5.74) is 3.41. The quantitative estimate of drug-likeness (QED) is 0.474. The largest absolute Gasteiger partial charge is 0.465 e. The number of sulfonamides is 1. The molecule has 1 N–H and O–H groups in total. The number of hydrogen-bond donors (Lipinski definition) is 1. The maximum atomic E-state index is 12.4. The van der Waals surface area contributed by atoms with E-state index >= 15 is 0 Å². The third-order valence-corrected chi connectivity index (χ3v) is 8.77. The zero-order valence-corrected chi connectivity index (χ0v) is 22.2. The van der Waals surface area contributed by atoms with E-state index in [1.807, 2.05) is 75.4 Å². The van der Waals surface area contributed by atoms with Crippen molar-refractivity contribution in [3.63, 3.8) is 0 Å². The van der Waals surface area contributed by atoms with Crippen molar-refractivity contribution >= 4 is 21.8 Å². The van der Waals surface area contributed by atoms with Crippen molar-refractivity contribution in [1.29, 1.82) is 0 Å². The second-order valence-electron chi connectivity index (χ2n) is 10.7. The lowest BCUT2D eigenvalue weighted by molar-refractivity contribution is -0.0328. The standard InChI is InChI=1S/C28H31N3O5S/c1-27(2,3)31(26(32)33)28(15-8-16-28)21-13-11-20(12-14-21)24-22(19-9-6-5-7-10-19)17-23-25(29-24)36-18-37(34,35)30(23)4/h5-7,9-14,17H,8,15-16,18H2,1-4H3,(H,32,33). The number of carboxylic acid groups (broad SMARTS) is 1. The molecule has 5 rings (SSSR count). The Morgan fingerprint density at radius 3 is 2.24 bits per heavy atom. The van der Waals surface area contributed by atoms with E-state index in [2.05, 4.69) is 0 Å². The van der Waals surface area contributed by atoms with Crippen molar-refractivity contribution in [2.24, 2.45) is 0 Å². The molecule has 2 aliphatic rings. The first-order valence-corrected chi connectivity index (χ1v) is 13.9. The number of pyridine rings is 1. The van der Waals surface area contributed by atoms with Crippen LogP contribution in [0.25, 0.3) is 22.4 Å². The van der Waals surface area contributed by atoms with Gasteiger partial charge in [0.15, 0.2) is 0 Å². The highest BCUT2D eigenvalue weighted by atomic mass is 32.2. The van der Waals surface area contributed by atoms with E-state index in [9.17, 15) is 18.3 Å². The number of nitrogens with zero attached hydrogens (tertiary/aromatic N) is 3. The topological polar surface area (TPSA) is 100 Å². The van der Waals surface area contributed by atoms with Crippen LogP contribution in [0.5, 0.6) is 5.88 Å². The number of aromatic nitrogens is 1. The van der Waals surface area contributed by atoms with Gasteiger partial charge in [-0.1, -0.05) is 54.6 Å². The van der Waals surface area contributed by atoms with Crippen LogP contribution in [0.4, 0.5) is 10.5 Å². The highest BCUT2D eigenvalue weighted by molar-refractivity contribution is 7.92. The third kappa shape index (κ3) is 4.21. The molecule has 1 saturated carbocycles. The second-order valence-corrected chi connectivity index (χ2v) is 12.6. The van der Waals surface area contributed by atoms with Crippen molar-refractivity contribution in [2.75, 3.05) is 17.3 Å². The molecule has 1 aromatic heterocycles. The summed E-state index contributed by atoms with van der Waals surface area (Å²) in [6.45, 7) is 5.78. The van der Waals surface area contributed by atoms with Gasteiger partial charge in [-0.05, 0) is 57.2 Å². The lowest BCUT2D eigenvalue weighted by Gasteiger charge is -2.54. The summed E-state index contributed by atoms with van der Waals surface area (Å²) in [6, 6.07) is 19.4. The van der Waals surface area contributed by atoms with Crippen LogP contribution >= 0.6 is 0 Å². The number of amides is 1. The highest BCUT2D eigenvalue weighted by Crippen LogP contribution is 2.50. The van der Waals surface area contributed by atoms with Crippen LogP contribution in [0.3, 0.4) is 0 Å². The summed E-state index contributed by atoms with van der Waals surface area (Å²) in [6.07, 6.45) is 1.60. The molecule has 0 atom stereocenters. The fraction of sp³-hybridized carbons (Fsp3) is 0.357. The second kappa shape index (κ2) is 8.76. The summed E-state index contributed by atoms with van der Waals surface area (Å²) in [7, 11) is -2.08. The first kappa shape index (κ1) is 25.1. The summed E-state index contributed by atoms with van der Waals surface area (Å²) < 4.78 is 31.6. The Morgan fingerprint density at radius 1 is 1.05 bits per heavy atom. The minimum atomic E-state index is -3.58. The fourth-order valence-corrected chi connectivity index (χ4v) is 6.29. The van der Waals surface area contributed by atoms with Crippen molar-refractivity contribution in [2.45, 2.75) is 51.1 Å². The number of rotatable bonds is 4. The molecule has 0 saturated heterocycles. The van der Waals surface area contributed by atoms with Gasteiger partial charge < -0.3 is 9.84 Å². The van der Waals surface area contributed by atoms with Gasteiger partial charge in [0.05, 0.1) is 11.2 Å². The predicted molar refractivity (Wildman–Crippen MR) is 143 cm³/mol. The Morgan fingerprint density at radius 2 is 1.70 bits per heavy atom. The van der Waals surface area contributed by atoms with Crippen LogP contribution < -0.4 is 9.04 Å². The molecule has 3 aromatic rings. The van der Waals surface area contributed by atoms with Gasteiger partial charge in [-0.3, -0.25) is 9.21 Å². The highest BCUT2D eigenvalue weighted by Gasteiger charge is 2.50.